The largest absolute Gasteiger partial charge is 0.369 e. The van der Waals surface area contributed by atoms with Gasteiger partial charge in [-0.1, -0.05) is 6.42 Å². The predicted molar refractivity (Wildman–Crippen MR) is 65.7 cm³/mol. The van der Waals surface area contributed by atoms with Gasteiger partial charge in [-0.2, -0.15) is 5.10 Å². The molecule has 0 amide bonds. The number of nitrogens with one attached hydrogen (secondary N) is 2. The molecular formula is C12H20N4. The van der Waals surface area contributed by atoms with Gasteiger partial charge in [-0.25, -0.2) is 0 Å². The van der Waals surface area contributed by atoms with Gasteiger partial charge >= 0.3 is 0 Å². The van der Waals surface area contributed by atoms with Crippen LogP contribution in [0.3, 0.4) is 0 Å². The Hall–Kier alpha value is -1.16. The van der Waals surface area contributed by atoms with E-state index in [0.717, 1.165) is 31.0 Å². The molecule has 2 rings (SSSR count). The smallest absolute Gasteiger partial charge is 0.148 e. The van der Waals surface area contributed by atoms with E-state index in [4.69, 9.17) is 0 Å². The fourth-order valence-electron chi connectivity index (χ4n) is 1.84. The van der Waals surface area contributed by atoms with Crippen LogP contribution in [0.25, 0.3) is 0 Å². The molecule has 0 atom stereocenters. The Kier molecular flexibility index (Phi) is 4.10. The normalized spacial score (nSPS) is 15.8. The lowest BCUT2D eigenvalue weighted by Crippen LogP contribution is -2.14. The monoisotopic (exact) mass is 220 g/mol. The SMILES string of the molecule is CNCCCNc1ccc(C2CCC2)nn1. The average Bonchev–Trinajstić information content (AvgIpc) is 2.24. The van der Waals surface area contributed by atoms with Crippen molar-refractivity contribution in [2.24, 2.45) is 0 Å². The van der Waals surface area contributed by atoms with Gasteiger partial charge in [-0.05, 0) is 45.0 Å². The van der Waals surface area contributed by atoms with Crippen molar-refractivity contribution in [3.8, 4) is 0 Å². The maximum absolute atomic E-state index is 4.27. The number of nitrogens with zero attached hydrogens (tertiary/aromatic N) is 2. The first kappa shape index (κ1) is 11.3. The van der Waals surface area contributed by atoms with Crippen molar-refractivity contribution in [2.75, 3.05) is 25.5 Å². The minimum atomic E-state index is 0.672. The molecule has 0 unspecified atom stereocenters. The van der Waals surface area contributed by atoms with Crippen molar-refractivity contribution in [1.29, 1.82) is 0 Å². The maximum Gasteiger partial charge on any atom is 0.148 e. The maximum atomic E-state index is 4.27. The summed E-state index contributed by atoms with van der Waals surface area (Å²) in [6, 6.07) is 4.15. The Morgan fingerprint density at radius 2 is 2.12 bits per heavy atom. The summed E-state index contributed by atoms with van der Waals surface area (Å²) in [5.74, 6) is 1.56. The van der Waals surface area contributed by atoms with Crippen LogP contribution in [-0.2, 0) is 0 Å². The molecule has 1 aromatic heterocycles. The summed E-state index contributed by atoms with van der Waals surface area (Å²) in [5, 5.41) is 14.9. The highest BCUT2D eigenvalue weighted by Gasteiger charge is 2.20. The fraction of sp³-hybridized carbons (Fsp3) is 0.667. The summed E-state index contributed by atoms with van der Waals surface area (Å²) in [5.41, 5.74) is 1.16. The summed E-state index contributed by atoms with van der Waals surface area (Å²) in [6.45, 7) is 1.97. The molecule has 1 aromatic rings. The van der Waals surface area contributed by atoms with Crippen molar-refractivity contribution >= 4 is 5.82 Å². The van der Waals surface area contributed by atoms with Gasteiger partial charge in [0.25, 0.3) is 0 Å². The van der Waals surface area contributed by atoms with Gasteiger partial charge in [0.05, 0.1) is 5.69 Å². The Morgan fingerprint density at radius 1 is 1.25 bits per heavy atom. The topological polar surface area (TPSA) is 49.8 Å². The van der Waals surface area contributed by atoms with Crippen LogP contribution in [0, 0.1) is 0 Å². The zero-order chi connectivity index (χ0) is 11.2. The summed E-state index contributed by atoms with van der Waals surface area (Å²) < 4.78 is 0. The molecule has 0 aromatic carbocycles. The third-order valence-corrected chi connectivity index (χ3v) is 3.12. The Morgan fingerprint density at radius 3 is 2.69 bits per heavy atom. The van der Waals surface area contributed by atoms with Crippen LogP contribution in [0.15, 0.2) is 12.1 Å². The summed E-state index contributed by atoms with van der Waals surface area (Å²) in [6.07, 6.45) is 5.01. The first-order valence-corrected chi connectivity index (χ1v) is 6.12. The molecule has 0 radical (unpaired) electrons. The van der Waals surface area contributed by atoms with Gasteiger partial charge in [-0.15, -0.1) is 5.10 Å². The van der Waals surface area contributed by atoms with E-state index >= 15 is 0 Å². The van der Waals surface area contributed by atoms with Gasteiger partial charge in [0.2, 0.25) is 0 Å². The molecule has 4 nitrogen and oxygen atoms in total. The Bertz CT molecular complexity index is 305. The minimum Gasteiger partial charge on any atom is -0.369 e. The zero-order valence-electron chi connectivity index (χ0n) is 9.87. The van der Waals surface area contributed by atoms with Gasteiger partial charge in [0, 0.05) is 12.5 Å². The van der Waals surface area contributed by atoms with Gasteiger partial charge in [0.15, 0.2) is 0 Å². The van der Waals surface area contributed by atoms with E-state index in [2.05, 4.69) is 26.9 Å². The summed E-state index contributed by atoms with van der Waals surface area (Å²) in [7, 11) is 1.97. The van der Waals surface area contributed by atoms with Crippen molar-refractivity contribution in [3.63, 3.8) is 0 Å². The number of hydrogen-bond donors (Lipinski definition) is 2. The lowest BCUT2D eigenvalue weighted by atomic mass is 9.83. The van der Waals surface area contributed by atoms with Crippen molar-refractivity contribution in [2.45, 2.75) is 31.6 Å². The van der Waals surface area contributed by atoms with E-state index < -0.39 is 0 Å². The minimum absolute atomic E-state index is 0.672. The van der Waals surface area contributed by atoms with Crippen LogP contribution in [0.4, 0.5) is 5.82 Å². The van der Waals surface area contributed by atoms with Crippen LogP contribution < -0.4 is 10.6 Å². The number of rotatable bonds is 6. The highest BCUT2D eigenvalue weighted by Crippen LogP contribution is 2.34. The molecule has 0 aliphatic heterocycles. The van der Waals surface area contributed by atoms with E-state index in [0.29, 0.717) is 5.92 Å². The quantitative estimate of drug-likeness (QED) is 0.717. The van der Waals surface area contributed by atoms with Gasteiger partial charge < -0.3 is 10.6 Å². The standard InChI is InChI=1S/C12H20N4/c1-13-8-3-9-14-12-7-6-11(15-16-12)10-4-2-5-10/h6-7,10,13H,2-5,8-9H2,1H3,(H,14,16). The van der Waals surface area contributed by atoms with E-state index in [1.807, 2.05) is 13.1 Å². The Balaban J connectivity index is 1.77. The molecule has 1 aliphatic rings. The highest BCUT2D eigenvalue weighted by molar-refractivity contribution is 5.33. The summed E-state index contributed by atoms with van der Waals surface area (Å²) in [4.78, 5) is 0. The average molecular weight is 220 g/mol. The second-order valence-electron chi connectivity index (χ2n) is 4.36. The number of hydrogen-bond acceptors (Lipinski definition) is 4. The van der Waals surface area contributed by atoms with Crippen molar-refractivity contribution < 1.29 is 0 Å². The fourth-order valence-corrected chi connectivity index (χ4v) is 1.84. The molecule has 1 saturated carbocycles. The van der Waals surface area contributed by atoms with E-state index in [9.17, 15) is 0 Å². The summed E-state index contributed by atoms with van der Waals surface area (Å²) >= 11 is 0. The molecule has 88 valence electrons. The first-order chi connectivity index (χ1) is 7.90. The molecule has 1 aliphatic carbocycles. The van der Waals surface area contributed by atoms with Crippen LogP contribution in [0.2, 0.25) is 0 Å². The van der Waals surface area contributed by atoms with Crippen LogP contribution in [0.1, 0.15) is 37.3 Å². The molecule has 4 heteroatoms. The van der Waals surface area contributed by atoms with Crippen molar-refractivity contribution in [3.05, 3.63) is 17.8 Å². The van der Waals surface area contributed by atoms with Crippen LogP contribution >= 0.6 is 0 Å². The molecule has 1 fully saturated rings. The molecule has 0 spiro atoms. The molecular weight excluding hydrogens is 200 g/mol. The number of anilines is 1. The second kappa shape index (κ2) is 5.80. The first-order valence-electron chi connectivity index (χ1n) is 6.12. The van der Waals surface area contributed by atoms with Gasteiger partial charge in [0.1, 0.15) is 5.82 Å². The van der Waals surface area contributed by atoms with Crippen LogP contribution in [-0.4, -0.2) is 30.3 Å². The molecule has 16 heavy (non-hydrogen) atoms. The zero-order valence-corrected chi connectivity index (χ0v) is 9.87. The van der Waals surface area contributed by atoms with Crippen molar-refractivity contribution in [1.82, 2.24) is 15.5 Å². The lowest BCUT2D eigenvalue weighted by Gasteiger charge is -2.24. The van der Waals surface area contributed by atoms with E-state index in [1.165, 1.54) is 19.3 Å². The highest BCUT2D eigenvalue weighted by atomic mass is 15.2. The predicted octanol–water partition coefficient (Wildman–Crippen LogP) is 1.77. The molecule has 0 bridgehead atoms. The second-order valence-corrected chi connectivity index (χ2v) is 4.36. The lowest BCUT2D eigenvalue weighted by molar-refractivity contribution is 0.408. The van der Waals surface area contributed by atoms with E-state index in [1.54, 1.807) is 0 Å². The van der Waals surface area contributed by atoms with Crippen LogP contribution in [0.5, 0.6) is 0 Å². The third kappa shape index (κ3) is 2.92. The molecule has 0 saturated heterocycles. The third-order valence-electron chi connectivity index (χ3n) is 3.12. The Labute approximate surface area is 96.9 Å². The molecule has 2 N–H and O–H groups in total. The number of aromatic nitrogens is 2. The molecule has 1 heterocycles. The van der Waals surface area contributed by atoms with Gasteiger partial charge in [-0.3, -0.25) is 0 Å². The van der Waals surface area contributed by atoms with E-state index in [-0.39, 0.29) is 0 Å².